The van der Waals surface area contributed by atoms with Crippen molar-refractivity contribution in [3.05, 3.63) is 14.5 Å². The number of ether oxygens (including phenoxy) is 1. The van der Waals surface area contributed by atoms with Crippen LogP contribution in [0.1, 0.15) is 35.1 Å². The predicted octanol–water partition coefficient (Wildman–Crippen LogP) is 2.09. The normalized spacial score (nSPS) is 16.6. The van der Waals surface area contributed by atoms with E-state index in [0.29, 0.717) is 18.2 Å². The summed E-state index contributed by atoms with van der Waals surface area (Å²) in [5, 5.41) is 2.96. The highest BCUT2D eigenvalue weighted by Gasteiger charge is 2.19. The van der Waals surface area contributed by atoms with Crippen molar-refractivity contribution in [1.29, 1.82) is 0 Å². The monoisotopic (exact) mass is 361 g/mol. The minimum atomic E-state index is -0.0797. The molecule has 0 aromatic carbocycles. The fourth-order valence-electron chi connectivity index (χ4n) is 2.09. The van der Waals surface area contributed by atoms with Gasteiger partial charge in [-0.3, -0.25) is 9.69 Å². The van der Waals surface area contributed by atoms with E-state index in [2.05, 4.69) is 45.0 Å². The second kappa shape index (κ2) is 7.49. The standard InChI is InChI=1S/C13H20BrN3O2S/c1-9(2)11-10(16-13(14)20-11)12(18)15-3-4-17-5-7-19-8-6-17/h9H,3-8H2,1-2H3,(H,15,18). The predicted molar refractivity (Wildman–Crippen MR) is 83.5 cm³/mol. The third kappa shape index (κ3) is 4.25. The fraction of sp³-hybridized carbons (Fsp3) is 0.692. The van der Waals surface area contributed by atoms with Crippen LogP contribution in [0, 0.1) is 0 Å². The quantitative estimate of drug-likeness (QED) is 0.872. The Bertz CT molecular complexity index is 458. The molecule has 0 saturated carbocycles. The van der Waals surface area contributed by atoms with Gasteiger partial charge < -0.3 is 10.1 Å². The van der Waals surface area contributed by atoms with Crippen LogP contribution in [0.4, 0.5) is 0 Å². The topological polar surface area (TPSA) is 54.5 Å². The number of halogens is 1. The van der Waals surface area contributed by atoms with Crippen molar-refractivity contribution in [2.75, 3.05) is 39.4 Å². The zero-order valence-electron chi connectivity index (χ0n) is 11.8. The van der Waals surface area contributed by atoms with Crippen LogP contribution in [0.25, 0.3) is 0 Å². The van der Waals surface area contributed by atoms with Gasteiger partial charge in [0.25, 0.3) is 5.91 Å². The van der Waals surface area contributed by atoms with Crippen molar-refractivity contribution in [2.24, 2.45) is 0 Å². The van der Waals surface area contributed by atoms with Gasteiger partial charge in [-0.25, -0.2) is 4.98 Å². The molecular formula is C13H20BrN3O2S. The van der Waals surface area contributed by atoms with E-state index >= 15 is 0 Å². The van der Waals surface area contributed by atoms with E-state index < -0.39 is 0 Å². The highest BCUT2D eigenvalue weighted by Crippen LogP contribution is 2.29. The van der Waals surface area contributed by atoms with Crippen molar-refractivity contribution < 1.29 is 9.53 Å². The number of morpholine rings is 1. The SMILES string of the molecule is CC(C)c1sc(Br)nc1C(=O)NCCN1CCOCC1. The van der Waals surface area contributed by atoms with Gasteiger partial charge in [0.05, 0.1) is 13.2 Å². The molecule has 0 atom stereocenters. The van der Waals surface area contributed by atoms with Crippen LogP contribution in [0.5, 0.6) is 0 Å². The van der Waals surface area contributed by atoms with Gasteiger partial charge in [0.1, 0.15) is 5.69 Å². The number of hydrogen-bond donors (Lipinski definition) is 1. The Hall–Kier alpha value is -0.500. The molecule has 1 aliphatic heterocycles. The minimum absolute atomic E-state index is 0.0797. The lowest BCUT2D eigenvalue weighted by molar-refractivity contribution is 0.0383. The van der Waals surface area contributed by atoms with Crippen molar-refractivity contribution in [3.8, 4) is 0 Å². The van der Waals surface area contributed by atoms with E-state index in [0.717, 1.165) is 41.6 Å². The maximum Gasteiger partial charge on any atom is 0.271 e. The first kappa shape index (κ1) is 15.9. The minimum Gasteiger partial charge on any atom is -0.379 e. The number of nitrogens with zero attached hydrogens (tertiary/aromatic N) is 2. The summed E-state index contributed by atoms with van der Waals surface area (Å²) in [5.74, 6) is 0.225. The van der Waals surface area contributed by atoms with Gasteiger partial charge >= 0.3 is 0 Å². The molecule has 1 fully saturated rings. The second-order valence-electron chi connectivity index (χ2n) is 5.04. The van der Waals surface area contributed by atoms with Crippen LogP contribution in [-0.2, 0) is 4.74 Å². The highest BCUT2D eigenvalue weighted by atomic mass is 79.9. The summed E-state index contributed by atoms with van der Waals surface area (Å²) < 4.78 is 6.06. The summed E-state index contributed by atoms with van der Waals surface area (Å²) in [4.78, 5) is 19.8. The molecule has 0 bridgehead atoms. The van der Waals surface area contributed by atoms with Crippen LogP contribution >= 0.6 is 27.3 Å². The van der Waals surface area contributed by atoms with Gasteiger partial charge in [-0.05, 0) is 21.8 Å². The molecule has 1 saturated heterocycles. The summed E-state index contributed by atoms with van der Waals surface area (Å²) in [7, 11) is 0. The summed E-state index contributed by atoms with van der Waals surface area (Å²) in [6.45, 7) is 9.09. The van der Waals surface area contributed by atoms with Crippen molar-refractivity contribution in [3.63, 3.8) is 0 Å². The number of amides is 1. The van der Waals surface area contributed by atoms with E-state index in [1.165, 1.54) is 11.3 Å². The third-order valence-electron chi connectivity index (χ3n) is 3.18. The van der Waals surface area contributed by atoms with Crippen molar-refractivity contribution >= 4 is 33.2 Å². The van der Waals surface area contributed by atoms with Gasteiger partial charge in [0, 0.05) is 31.1 Å². The van der Waals surface area contributed by atoms with E-state index in [1.54, 1.807) is 0 Å². The van der Waals surface area contributed by atoms with Crippen LogP contribution < -0.4 is 5.32 Å². The van der Waals surface area contributed by atoms with E-state index in [9.17, 15) is 4.79 Å². The Morgan fingerprint density at radius 3 is 2.85 bits per heavy atom. The largest absolute Gasteiger partial charge is 0.379 e. The zero-order valence-corrected chi connectivity index (χ0v) is 14.2. The summed E-state index contributed by atoms with van der Waals surface area (Å²) in [5.41, 5.74) is 0.554. The third-order valence-corrected chi connectivity index (χ3v) is 4.99. The Kier molecular flexibility index (Phi) is 5.95. The van der Waals surface area contributed by atoms with Crippen molar-refractivity contribution in [1.82, 2.24) is 15.2 Å². The first-order chi connectivity index (χ1) is 9.58. The highest BCUT2D eigenvalue weighted by molar-refractivity contribution is 9.11. The molecule has 0 unspecified atom stereocenters. The van der Waals surface area contributed by atoms with Crippen molar-refractivity contribution in [2.45, 2.75) is 19.8 Å². The molecule has 0 spiro atoms. The molecule has 7 heteroatoms. The lowest BCUT2D eigenvalue weighted by Gasteiger charge is -2.26. The van der Waals surface area contributed by atoms with E-state index in [4.69, 9.17) is 4.74 Å². The van der Waals surface area contributed by atoms with E-state index in [1.807, 2.05) is 0 Å². The lowest BCUT2D eigenvalue weighted by Crippen LogP contribution is -2.41. The van der Waals surface area contributed by atoms with Gasteiger partial charge in [-0.15, -0.1) is 11.3 Å². The maximum absolute atomic E-state index is 12.2. The smallest absolute Gasteiger partial charge is 0.271 e. The molecule has 20 heavy (non-hydrogen) atoms. The molecule has 5 nitrogen and oxygen atoms in total. The van der Waals surface area contributed by atoms with E-state index in [-0.39, 0.29) is 5.91 Å². The first-order valence-corrected chi connectivity index (χ1v) is 8.43. The maximum atomic E-state index is 12.2. The summed E-state index contributed by atoms with van der Waals surface area (Å²) in [6.07, 6.45) is 0. The zero-order chi connectivity index (χ0) is 14.5. The molecule has 0 radical (unpaired) electrons. The second-order valence-corrected chi connectivity index (χ2v) is 7.35. The number of aromatic nitrogens is 1. The lowest BCUT2D eigenvalue weighted by atomic mass is 10.1. The van der Waals surface area contributed by atoms with Gasteiger partial charge in [-0.1, -0.05) is 13.8 Å². The molecule has 0 aliphatic carbocycles. The molecule has 2 rings (SSSR count). The number of carbonyl (C=O) groups is 1. The average Bonchev–Trinajstić information content (AvgIpc) is 2.82. The molecule has 2 heterocycles. The number of thiazole rings is 1. The van der Waals surface area contributed by atoms with Crippen LogP contribution in [0.3, 0.4) is 0 Å². The summed E-state index contributed by atoms with van der Waals surface area (Å²) >= 11 is 4.89. The molecule has 1 aromatic rings. The van der Waals surface area contributed by atoms with Gasteiger partial charge in [0.15, 0.2) is 3.92 Å². The average molecular weight is 362 g/mol. The Labute approximate surface area is 131 Å². The van der Waals surface area contributed by atoms with Crippen LogP contribution in [-0.4, -0.2) is 55.2 Å². The molecular weight excluding hydrogens is 342 g/mol. The first-order valence-electron chi connectivity index (χ1n) is 6.82. The molecule has 1 aliphatic rings. The number of carbonyl (C=O) groups excluding carboxylic acids is 1. The number of nitrogens with one attached hydrogen (secondary N) is 1. The Morgan fingerprint density at radius 2 is 2.20 bits per heavy atom. The molecule has 1 N–H and O–H groups in total. The van der Waals surface area contributed by atoms with Gasteiger partial charge in [0.2, 0.25) is 0 Å². The van der Waals surface area contributed by atoms with Crippen LogP contribution in [0.15, 0.2) is 3.92 Å². The molecule has 1 amide bonds. The Balaban J connectivity index is 1.85. The number of rotatable bonds is 5. The molecule has 112 valence electrons. The Morgan fingerprint density at radius 1 is 1.50 bits per heavy atom. The summed E-state index contributed by atoms with van der Waals surface area (Å²) in [6, 6.07) is 0. The fourth-order valence-corrected chi connectivity index (χ4v) is 3.58. The number of hydrogen-bond acceptors (Lipinski definition) is 5. The van der Waals surface area contributed by atoms with Crippen LogP contribution in [0.2, 0.25) is 0 Å². The van der Waals surface area contributed by atoms with Gasteiger partial charge in [-0.2, -0.15) is 0 Å². The molecule has 1 aromatic heterocycles.